The molecule has 0 aliphatic carbocycles. The van der Waals surface area contributed by atoms with Crippen LogP contribution in [-0.4, -0.2) is 30.9 Å². The van der Waals surface area contributed by atoms with Crippen LogP contribution in [0.2, 0.25) is 0 Å². The van der Waals surface area contributed by atoms with Crippen molar-refractivity contribution < 1.29 is 0 Å². The molecule has 0 spiro atoms. The minimum absolute atomic E-state index is 0.191. The standard InChI is InChI=1S/C36H49N3/c1-12-30-15-16-39(23-30)24-38-22-31(13-2)35-20-32(19-29(8)36(9,10)11)34(18-27(35)6)26(5)17-25(4)33(14-3)28(7)21-37/h12-14,17-18,20,22,29-30H,1,4,7,15-16,19,23-24H2,2-3,5-6,8-11H3/b26-17+,31-13+,33-14+,38-22?. The molecule has 3 heteroatoms. The molecule has 1 aliphatic rings. The van der Waals surface area contributed by atoms with Crippen LogP contribution in [0.15, 0.2) is 77.9 Å². The minimum Gasteiger partial charge on any atom is -0.284 e. The molecule has 2 unspecified atom stereocenters. The summed E-state index contributed by atoms with van der Waals surface area (Å²) < 4.78 is 0. The molecule has 0 amide bonds. The average molecular weight is 524 g/mol. The van der Waals surface area contributed by atoms with Gasteiger partial charge in [-0.2, -0.15) is 5.26 Å². The molecular weight excluding hydrogens is 474 g/mol. The molecule has 0 saturated carbocycles. The second-order valence-corrected chi connectivity index (χ2v) is 12.0. The lowest BCUT2D eigenvalue weighted by Gasteiger charge is -2.29. The third kappa shape index (κ3) is 8.64. The van der Waals surface area contributed by atoms with E-state index in [1.165, 1.54) is 28.7 Å². The summed E-state index contributed by atoms with van der Waals surface area (Å²) in [4.78, 5) is 7.22. The van der Waals surface area contributed by atoms with E-state index in [9.17, 15) is 5.26 Å². The molecule has 208 valence electrons. The van der Waals surface area contributed by atoms with Crippen molar-refractivity contribution in [1.29, 1.82) is 5.26 Å². The first-order valence-corrected chi connectivity index (χ1v) is 14.1. The number of allylic oxidation sites excluding steroid dienone is 8. The van der Waals surface area contributed by atoms with Crippen molar-refractivity contribution in [2.45, 2.75) is 68.2 Å². The fraction of sp³-hybridized carbons (Fsp3) is 0.444. The Balaban J connectivity index is 2.49. The first-order chi connectivity index (χ1) is 18.4. The van der Waals surface area contributed by atoms with Gasteiger partial charge in [0.25, 0.3) is 0 Å². The van der Waals surface area contributed by atoms with Gasteiger partial charge in [-0.1, -0.05) is 77.3 Å². The average Bonchev–Trinajstić information content (AvgIpc) is 3.35. The first kappa shape index (κ1) is 32.0. The molecule has 1 heterocycles. The summed E-state index contributed by atoms with van der Waals surface area (Å²) in [6, 6.07) is 6.83. The zero-order chi connectivity index (χ0) is 29.3. The van der Waals surface area contributed by atoms with Gasteiger partial charge < -0.3 is 0 Å². The topological polar surface area (TPSA) is 39.4 Å². The van der Waals surface area contributed by atoms with Crippen molar-refractivity contribution in [3.63, 3.8) is 0 Å². The Morgan fingerprint density at radius 1 is 1.21 bits per heavy atom. The van der Waals surface area contributed by atoms with Gasteiger partial charge in [-0.05, 0) is 102 Å². The number of likely N-dealkylation sites (tertiary alicyclic amines) is 1. The van der Waals surface area contributed by atoms with Gasteiger partial charge in [-0.15, -0.1) is 6.58 Å². The van der Waals surface area contributed by atoms with Crippen LogP contribution in [0.1, 0.15) is 77.1 Å². The normalized spacial score (nSPS) is 18.3. The number of aliphatic imine (C=N–C) groups is 1. The van der Waals surface area contributed by atoms with Crippen LogP contribution in [-0.2, 0) is 6.42 Å². The molecule has 39 heavy (non-hydrogen) atoms. The Morgan fingerprint density at radius 2 is 1.90 bits per heavy atom. The van der Waals surface area contributed by atoms with Crippen LogP contribution in [0.3, 0.4) is 0 Å². The zero-order valence-corrected chi connectivity index (χ0v) is 25.7. The van der Waals surface area contributed by atoms with Crippen LogP contribution in [0.4, 0.5) is 0 Å². The molecule has 1 aliphatic heterocycles. The lowest BCUT2D eigenvalue weighted by atomic mass is 9.76. The van der Waals surface area contributed by atoms with Gasteiger partial charge in [0.2, 0.25) is 0 Å². The largest absolute Gasteiger partial charge is 0.284 e. The number of nitrogens with zero attached hydrogens (tertiary/aromatic N) is 3. The second kappa shape index (κ2) is 14.2. The van der Waals surface area contributed by atoms with Crippen molar-refractivity contribution in [2.24, 2.45) is 22.2 Å². The van der Waals surface area contributed by atoms with Crippen LogP contribution in [0.25, 0.3) is 11.1 Å². The highest BCUT2D eigenvalue weighted by atomic mass is 15.2. The van der Waals surface area contributed by atoms with Crippen molar-refractivity contribution in [1.82, 2.24) is 4.90 Å². The number of hydrogen-bond donors (Lipinski definition) is 0. The summed E-state index contributed by atoms with van der Waals surface area (Å²) in [5.74, 6) is 1.07. The molecule has 0 radical (unpaired) electrons. The Bertz CT molecular complexity index is 1240. The van der Waals surface area contributed by atoms with E-state index in [1.807, 2.05) is 19.2 Å². The first-order valence-electron chi connectivity index (χ1n) is 14.1. The summed E-state index contributed by atoms with van der Waals surface area (Å²) in [6.45, 7) is 32.5. The maximum Gasteiger partial charge on any atom is 0.0991 e. The third-order valence-electron chi connectivity index (χ3n) is 8.14. The van der Waals surface area contributed by atoms with E-state index in [0.717, 1.165) is 48.5 Å². The number of hydrogen-bond acceptors (Lipinski definition) is 3. The SMILES string of the molecule is C=CC1CCN(CN=C/C(=C\C)c2cc(CC(C)C(C)(C)C)c(/C(C)=C/C(=C)/C(=C\C)C(=C)C#N)cc2C)C1. The van der Waals surface area contributed by atoms with Crippen molar-refractivity contribution in [2.75, 3.05) is 19.8 Å². The fourth-order valence-electron chi connectivity index (χ4n) is 5.00. The van der Waals surface area contributed by atoms with E-state index in [-0.39, 0.29) is 5.41 Å². The summed E-state index contributed by atoms with van der Waals surface area (Å²) >= 11 is 0. The fourth-order valence-corrected chi connectivity index (χ4v) is 5.00. The van der Waals surface area contributed by atoms with Gasteiger partial charge in [0, 0.05) is 19.3 Å². The van der Waals surface area contributed by atoms with Gasteiger partial charge in [0.05, 0.1) is 18.3 Å². The van der Waals surface area contributed by atoms with Gasteiger partial charge in [0.15, 0.2) is 0 Å². The monoisotopic (exact) mass is 523 g/mol. The minimum atomic E-state index is 0.191. The third-order valence-corrected chi connectivity index (χ3v) is 8.14. The van der Waals surface area contributed by atoms with Crippen LogP contribution in [0.5, 0.6) is 0 Å². The Hall–Kier alpha value is -3.22. The summed E-state index contributed by atoms with van der Waals surface area (Å²) in [7, 11) is 0. The molecular formula is C36H49N3. The number of nitriles is 1. The van der Waals surface area contributed by atoms with Gasteiger partial charge in [-0.25, -0.2) is 0 Å². The predicted octanol–water partition coefficient (Wildman–Crippen LogP) is 9.14. The molecule has 1 saturated heterocycles. The van der Waals surface area contributed by atoms with Crippen LogP contribution >= 0.6 is 0 Å². The van der Waals surface area contributed by atoms with Gasteiger partial charge in [0.1, 0.15) is 0 Å². The smallest absolute Gasteiger partial charge is 0.0991 e. The maximum atomic E-state index is 9.37. The summed E-state index contributed by atoms with van der Waals surface area (Å²) in [5, 5.41) is 9.37. The van der Waals surface area contributed by atoms with Crippen LogP contribution < -0.4 is 0 Å². The lowest BCUT2D eigenvalue weighted by Crippen LogP contribution is -2.20. The lowest BCUT2D eigenvalue weighted by molar-refractivity contribution is 0.260. The van der Waals surface area contributed by atoms with Crippen molar-refractivity contribution in [3.05, 3.63) is 95.1 Å². The predicted molar refractivity (Wildman–Crippen MR) is 172 cm³/mol. The van der Waals surface area contributed by atoms with E-state index < -0.39 is 0 Å². The molecule has 1 aromatic carbocycles. The number of aryl methyl sites for hydroxylation is 1. The van der Waals surface area contributed by atoms with E-state index in [0.29, 0.717) is 17.4 Å². The molecule has 0 N–H and O–H groups in total. The quantitative estimate of drug-likeness (QED) is 0.125. The highest BCUT2D eigenvalue weighted by Crippen LogP contribution is 2.34. The maximum absolute atomic E-state index is 9.37. The van der Waals surface area contributed by atoms with E-state index in [2.05, 4.69) is 110 Å². The Morgan fingerprint density at radius 3 is 2.44 bits per heavy atom. The van der Waals surface area contributed by atoms with Crippen molar-refractivity contribution >= 4 is 17.4 Å². The molecule has 1 aromatic rings. The Labute approximate surface area is 238 Å². The summed E-state index contributed by atoms with van der Waals surface area (Å²) in [6.07, 6.45) is 12.4. The number of benzene rings is 1. The van der Waals surface area contributed by atoms with E-state index in [1.54, 1.807) is 0 Å². The highest BCUT2D eigenvalue weighted by Gasteiger charge is 2.23. The summed E-state index contributed by atoms with van der Waals surface area (Å²) in [5.41, 5.74) is 9.50. The zero-order valence-electron chi connectivity index (χ0n) is 25.7. The molecule has 0 aromatic heterocycles. The van der Waals surface area contributed by atoms with Crippen LogP contribution in [0, 0.1) is 35.5 Å². The Kier molecular flexibility index (Phi) is 11.7. The van der Waals surface area contributed by atoms with Gasteiger partial charge in [-0.3, -0.25) is 9.89 Å². The van der Waals surface area contributed by atoms with E-state index >= 15 is 0 Å². The van der Waals surface area contributed by atoms with Gasteiger partial charge >= 0.3 is 0 Å². The van der Waals surface area contributed by atoms with E-state index in [4.69, 9.17) is 4.99 Å². The molecule has 2 atom stereocenters. The molecule has 1 fully saturated rings. The van der Waals surface area contributed by atoms with Crippen molar-refractivity contribution in [3.8, 4) is 6.07 Å². The second-order valence-electron chi connectivity index (χ2n) is 12.0. The molecule has 3 nitrogen and oxygen atoms in total. The molecule has 0 bridgehead atoms. The number of rotatable bonds is 11. The highest BCUT2D eigenvalue weighted by molar-refractivity contribution is 6.10. The molecule has 2 rings (SSSR count).